The zero-order valence-corrected chi connectivity index (χ0v) is 5.83. The summed E-state index contributed by atoms with van der Waals surface area (Å²) in [5, 5.41) is 0. The molecular weight excluding hydrogens is 162 g/mol. The lowest BCUT2D eigenvalue weighted by atomic mass is 11.8. The lowest BCUT2D eigenvalue weighted by molar-refractivity contribution is 0.349. The molecular formula is CH3Cl2O3P. The van der Waals surface area contributed by atoms with Gasteiger partial charge in [-0.2, -0.15) is 4.08 Å². The first-order chi connectivity index (χ1) is 3.12. The van der Waals surface area contributed by atoms with Crippen LogP contribution in [0.3, 0.4) is 0 Å². The number of hydrogen-bond donors (Lipinski definition) is 0. The Labute approximate surface area is 51.0 Å². The first-order valence-electron chi connectivity index (χ1n) is 1.28. The Kier molecular flexibility index (Phi) is 3.20. The Morgan fingerprint density at radius 1 is 1.71 bits per heavy atom. The van der Waals surface area contributed by atoms with Gasteiger partial charge >= 0.3 is 6.95 Å². The Balaban J connectivity index is 3.61. The van der Waals surface area contributed by atoms with E-state index >= 15 is 0 Å². The monoisotopic (exact) mass is 164 g/mol. The van der Waals surface area contributed by atoms with Gasteiger partial charge in [0, 0.05) is 18.4 Å². The van der Waals surface area contributed by atoms with E-state index in [2.05, 4.69) is 20.5 Å². The van der Waals surface area contributed by atoms with Gasteiger partial charge in [-0.25, -0.2) is 4.57 Å². The molecule has 0 aliphatic rings. The van der Waals surface area contributed by atoms with Crippen molar-refractivity contribution in [3.8, 4) is 0 Å². The highest BCUT2D eigenvalue weighted by molar-refractivity contribution is 7.81. The third-order valence-electron chi connectivity index (χ3n) is 0.301. The lowest BCUT2D eigenvalue weighted by Gasteiger charge is -1.97. The second-order valence-corrected chi connectivity index (χ2v) is 3.70. The molecule has 3 nitrogen and oxygen atoms in total. The predicted octanol–water partition coefficient (Wildman–Crippen LogP) is 2.15. The standard InChI is InChI=1S/CH3Cl2O3P/c1-5-7(3,4)6-2/h1H3. The summed E-state index contributed by atoms with van der Waals surface area (Å²) >= 11 is 9.46. The Bertz CT molecular complexity index is 84.9. The predicted molar refractivity (Wildman–Crippen MR) is 27.4 cm³/mol. The fourth-order valence-electron chi connectivity index (χ4n) is 0.0282. The van der Waals surface area contributed by atoms with Crippen molar-refractivity contribution in [1.29, 1.82) is 0 Å². The van der Waals surface area contributed by atoms with Crippen LogP contribution in [0.5, 0.6) is 0 Å². The Morgan fingerprint density at radius 3 is 2.14 bits per heavy atom. The molecule has 0 saturated carbocycles. The summed E-state index contributed by atoms with van der Waals surface area (Å²) in [6.45, 7) is -3.42. The molecule has 0 N–H and O–H groups in total. The van der Waals surface area contributed by atoms with E-state index in [1.54, 1.807) is 0 Å². The van der Waals surface area contributed by atoms with Gasteiger partial charge in [0.2, 0.25) is 0 Å². The van der Waals surface area contributed by atoms with E-state index in [1.165, 1.54) is 0 Å². The normalized spacial score (nSPS) is 18.7. The van der Waals surface area contributed by atoms with Gasteiger partial charge in [0.25, 0.3) is 0 Å². The van der Waals surface area contributed by atoms with Crippen LogP contribution in [0.15, 0.2) is 0 Å². The average Bonchev–Trinajstić information content (AvgIpc) is 1.68. The van der Waals surface area contributed by atoms with E-state index in [0.717, 1.165) is 7.11 Å². The molecule has 0 aliphatic carbocycles. The molecule has 1 unspecified atom stereocenters. The molecule has 6 heteroatoms. The van der Waals surface area contributed by atoms with Crippen LogP contribution in [0.4, 0.5) is 0 Å². The molecule has 0 aromatic rings. The van der Waals surface area contributed by atoms with Gasteiger partial charge in [-0.3, -0.25) is 4.52 Å². The van der Waals surface area contributed by atoms with E-state index in [-0.39, 0.29) is 0 Å². The van der Waals surface area contributed by atoms with Gasteiger partial charge in [-0.05, 0) is 0 Å². The van der Waals surface area contributed by atoms with Gasteiger partial charge in [-0.1, -0.05) is 0 Å². The van der Waals surface area contributed by atoms with E-state index in [1.807, 2.05) is 0 Å². The average molecular weight is 165 g/mol. The number of hydrogen-bond acceptors (Lipinski definition) is 3. The van der Waals surface area contributed by atoms with E-state index in [4.69, 9.17) is 11.2 Å². The topological polar surface area (TPSA) is 35.5 Å². The molecule has 0 aromatic heterocycles. The smallest absolute Gasteiger partial charge is 0.299 e. The quantitative estimate of drug-likeness (QED) is 0.588. The maximum atomic E-state index is 10.1. The summed E-state index contributed by atoms with van der Waals surface area (Å²) in [7, 11) is 1.14. The van der Waals surface area contributed by atoms with Crippen molar-refractivity contribution < 1.29 is 13.2 Å². The minimum atomic E-state index is -3.42. The zero-order valence-electron chi connectivity index (χ0n) is 3.43. The minimum Gasteiger partial charge on any atom is -0.299 e. The van der Waals surface area contributed by atoms with Crippen molar-refractivity contribution >= 4 is 30.1 Å². The zero-order chi connectivity index (χ0) is 5.91. The summed E-state index contributed by atoms with van der Waals surface area (Å²) in [5.41, 5.74) is 0. The van der Waals surface area contributed by atoms with Gasteiger partial charge < -0.3 is 0 Å². The molecule has 0 radical (unpaired) electrons. The molecule has 0 rings (SSSR count). The molecule has 0 bridgehead atoms. The molecule has 0 aliphatic heterocycles. The van der Waals surface area contributed by atoms with E-state index < -0.39 is 6.95 Å². The molecule has 0 fully saturated rings. The van der Waals surface area contributed by atoms with Crippen molar-refractivity contribution in [2.75, 3.05) is 7.11 Å². The maximum absolute atomic E-state index is 10.1. The largest absolute Gasteiger partial charge is 0.440 e. The maximum Gasteiger partial charge on any atom is 0.440 e. The lowest BCUT2D eigenvalue weighted by Crippen LogP contribution is -1.71. The van der Waals surface area contributed by atoms with Crippen LogP contribution in [-0.4, -0.2) is 7.11 Å². The molecule has 7 heavy (non-hydrogen) atoms. The number of rotatable bonds is 2. The first-order valence-corrected chi connectivity index (χ1v) is 4.04. The van der Waals surface area contributed by atoms with E-state index in [0.29, 0.717) is 0 Å². The second kappa shape index (κ2) is 2.90. The molecule has 0 spiro atoms. The molecule has 0 heterocycles. The summed E-state index contributed by atoms with van der Waals surface area (Å²) in [4.78, 5) is 0. The van der Waals surface area contributed by atoms with E-state index in [9.17, 15) is 4.57 Å². The fraction of sp³-hybridized carbons (Fsp3) is 1.00. The summed E-state index contributed by atoms with van der Waals surface area (Å²) < 4.78 is 17.9. The van der Waals surface area contributed by atoms with Gasteiger partial charge in [0.1, 0.15) is 0 Å². The summed E-state index contributed by atoms with van der Waals surface area (Å²) in [6.07, 6.45) is 0. The third kappa shape index (κ3) is 3.32. The van der Waals surface area contributed by atoms with Crippen molar-refractivity contribution in [3.05, 3.63) is 0 Å². The third-order valence-corrected chi connectivity index (χ3v) is 2.28. The number of halogens is 2. The van der Waals surface area contributed by atoms with Gasteiger partial charge in [0.05, 0.1) is 11.9 Å². The summed E-state index contributed by atoms with van der Waals surface area (Å²) in [5.74, 6) is 0. The summed E-state index contributed by atoms with van der Waals surface area (Å²) in [6, 6.07) is 0. The minimum absolute atomic E-state index is 1.14. The fourth-order valence-corrected chi connectivity index (χ4v) is 0.254. The van der Waals surface area contributed by atoms with Crippen molar-refractivity contribution in [3.63, 3.8) is 0 Å². The van der Waals surface area contributed by atoms with Crippen LogP contribution in [-0.2, 0) is 13.2 Å². The van der Waals surface area contributed by atoms with Gasteiger partial charge in [-0.15, -0.1) is 0 Å². The van der Waals surface area contributed by atoms with Crippen LogP contribution >= 0.6 is 30.1 Å². The molecule has 0 aromatic carbocycles. The van der Waals surface area contributed by atoms with Crippen LogP contribution in [0.25, 0.3) is 0 Å². The van der Waals surface area contributed by atoms with Crippen molar-refractivity contribution in [2.24, 2.45) is 0 Å². The highest BCUT2D eigenvalue weighted by atomic mass is 35.7. The Hall–Kier alpha value is 0.730. The highest BCUT2D eigenvalue weighted by Gasteiger charge is 2.16. The SMILES string of the molecule is COP(=O)(Cl)OCl. The highest BCUT2D eigenvalue weighted by Crippen LogP contribution is 2.53. The Morgan fingerprint density at radius 2 is 2.14 bits per heavy atom. The molecule has 0 amide bonds. The second-order valence-electron chi connectivity index (χ2n) is 0.682. The van der Waals surface area contributed by atoms with Crippen molar-refractivity contribution in [1.82, 2.24) is 0 Å². The molecule has 1 atom stereocenters. The van der Waals surface area contributed by atoms with Crippen LogP contribution in [0.2, 0.25) is 0 Å². The van der Waals surface area contributed by atoms with Gasteiger partial charge in [0.15, 0.2) is 0 Å². The van der Waals surface area contributed by atoms with Crippen molar-refractivity contribution in [2.45, 2.75) is 0 Å². The molecule has 0 saturated heterocycles. The first kappa shape index (κ1) is 7.73. The van der Waals surface area contributed by atoms with Crippen LogP contribution in [0.1, 0.15) is 0 Å². The van der Waals surface area contributed by atoms with Crippen LogP contribution < -0.4 is 0 Å². The molecule has 44 valence electrons. The van der Waals surface area contributed by atoms with Crippen LogP contribution in [0, 0.1) is 0 Å².